The third-order valence-corrected chi connectivity index (χ3v) is 8.84. The Bertz CT molecular complexity index is 879. The Kier molecular flexibility index (Phi) is 5.29. The Balaban J connectivity index is 1.81. The molecule has 0 aromatic carbocycles. The molecule has 0 heterocycles. The van der Waals surface area contributed by atoms with E-state index in [9.17, 15) is 19.5 Å². The minimum Gasteiger partial charge on any atom is -0.448 e. The fourth-order valence-corrected chi connectivity index (χ4v) is 7.52. The number of ketones is 2. The molecule has 0 amide bonds. The number of Topliss-reactive ketones (excluding diaryl/α,β-unsaturated/α-hetero) is 1. The summed E-state index contributed by atoms with van der Waals surface area (Å²) in [6.07, 6.45) is 4.81. The van der Waals surface area contributed by atoms with Crippen molar-refractivity contribution in [2.75, 3.05) is 13.7 Å². The number of esters is 1. The summed E-state index contributed by atoms with van der Waals surface area (Å²) < 4.78 is 26.8. The van der Waals surface area contributed by atoms with E-state index >= 15 is 4.39 Å². The molecule has 0 radical (unpaired) electrons. The fraction of sp³-hybridized carbons (Fsp3) is 0.708. The van der Waals surface area contributed by atoms with E-state index in [1.807, 2.05) is 19.9 Å². The number of fused-ring (bicyclic) bond motifs is 5. The molecule has 3 saturated carbocycles. The molecule has 4 aliphatic carbocycles. The topological polar surface area (TPSA) is 89.9 Å². The van der Waals surface area contributed by atoms with Gasteiger partial charge in [-0.05, 0) is 61.2 Å². The molecule has 170 valence electrons. The minimum absolute atomic E-state index is 0.0738. The Hall–Kier alpha value is -1.86. The summed E-state index contributed by atoms with van der Waals surface area (Å²) >= 11 is 0. The zero-order valence-corrected chi connectivity index (χ0v) is 18.5. The molecule has 6 nitrogen and oxygen atoms in total. The van der Waals surface area contributed by atoms with Crippen LogP contribution in [0.3, 0.4) is 0 Å². The lowest BCUT2D eigenvalue weighted by atomic mass is 9.46. The molecule has 0 bridgehead atoms. The first-order valence-electron chi connectivity index (χ1n) is 11.0. The van der Waals surface area contributed by atoms with E-state index in [-0.39, 0.29) is 30.0 Å². The molecule has 4 aliphatic rings. The number of carbonyl (C=O) groups is 3. The third kappa shape index (κ3) is 2.85. The van der Waals surface area contributed by atoms with Crippen molar-refractivity contribution in [2.24, 2.45) is 28.6 Å². The van der Waals surface area contributed by atoms with E-state index in [1.54, 1.807) is 0 Å². The summed E-state index contributed by atoms with van der Waals surface area (Å²) in [5.74, 6) is -1.46. The number of carbonyl (C=O) groups excluding carboxylic acids is 3. The highest BCUT2D eigenvalue weighted by atomic mass is 19.1. The maximum atomic E-state index is 15.4. The number of ether oxygens (including phenoxy) is 2. The van der Waals surface area contributed by atoms with Gasteiger partial charge >= 0.3 is 5.97 Å². The van der Waals surface area contributed by atoms with Crippen LogP contribution in [0.2, 0.25) is 0 Å². The van der Waals surface area contributed by atoms with Crippen LogP contribution >= 0.6 is 0 Å². The normalized spacial score (nSPS) is 45.9. The smallest absolute Gasteiger partial charge is 0.303 e. The van der Waals surface area contributed by atoms with E-state index in [2.05, 4.69) is 0 Å². The SMILES string of the molecule is COC1C[C@H]2[C@@H]3CC(F)C4=CC(=O)C=C[C@]4(C)[C@H]3CC[C@]2(C)[C@@]1(OC(C)=O)C(=O)CO. The zero-order chi connectivity index (χ0) is 22.8. The number of hydrogen-bond donors (Lipinski definition) is 1. The molecule has 3 fully saturated rings. The summed E-state index contributed by atoms with van der Waals surface area (Å²) in [6.45, 7) is 4.41. The molecule has 8 atom stereocenters. The number of rotatable bonds is 4. The van der Waals surface area contributed by atoms with Crippen molar-refractivity contribution in [3.63, 3.8) is 0 Å². The number of aliphatic hydroxyl groups is 1. The van der Waals surface area contributed by atoms with Gasteiger partial charge in [0.25, 0.3) is 0 Å². The molecule has 0 spiro atoms. The first kappa shape index (κ1) is 22.3. The van der Waals surface area contributed by atoms with E-state index in [0.717, 1.165) is 0 Å². The maximum Gasteiger partial charge on any atom is 0.303 e. The maximum absolute atomic E-state index is 15.4. The molecular formula is C24H31FO6. The van der Waals surface area contributed by atoms with Crippen LogP contribution in [0.15, 0.2) is 23.8 Å². The van der Waals surface area contributed by atoms with Crippen LogP contribution in [-0.4, -0.2) is 54.2 Å². The average Bonchev–Trinajstić information content (AvgIpc) is 2.97. The molecule has 7 heteroatoms. The molecule has 1 N–H and O–H groups in total. The van der Waals surface area contributed by atoms with E-state index in [4.69, 9.17) is 9.47 Å². The van der Waals surface area contributed by atoms with Gasteiger partial charge in [0.2, 0.25) is 11.4 Å². The van der Waals surface area contributed by atoms with Crippen LogP contribution in [-0.2, 0) is 23.9 Å². The number of aliphatic hydroxyl groups excluding tert-OH is 1. The lowest BCUT2D eigenvalue weighted by Gasteiger charge is -2.58. The van der Waals surface area contributed by atoms with Crippen molar-refractivity contribution in [3.8, 4) is 0 Å². The summed E-state index contributed by atoms with van der Waals surface area (Å²) in [7, 11) is 1.47. The van der Waals surface area contributed by atoms with Crippen LogP contribution < -0.4 is 0 Å². The number of halogens is 1. The average molecular weight is 435 g/mol. The number of methoxy groups -OCH3 is 1. The largest absolute Gasteiger partial charge is 0.448 e. The molecule has 31 heavy (non-hydrogen) atoms. The number of hydrogen-bond acceptors (Lipinski definition) is 6. The standard InChI is InChI=1S/C24H31FO6/c1-13(27)31-24(20(29)12-26)21(30-4)11-17-15-10-19(25)18-9-14(28)5-7-22(18,2)16(15)6-8-23(17,24)3/h5,7,9,15-17,19,21,26H,6,8,10-12H2,1-4H3/t15-,16+,17+,19?,21?,22-,23+,24-/m1/s1. The lowest BCUT2D eigenvalue weighted by molar-refractivity contribution is -0.204. The molecule has 0 aromatic rings. The lowest BCUT2D eigenvalue weighted by Crippen LogP contribution is -2.63. The van der Waals surface area contributed by atoms with Crippen LogP contribution in [0.25, 0.3) is 0 Å². The van der Waals surface area contributed by atoms with Gasteiger partial charge in [-0.1, -0.05) is 19.9 Å². The Labute approximate surface area is 181 Å². The first-order valence-corrected chi connectivity index (χ1v) is 11.0. The second kappa shape index (κ2) is 7.34. The van der Waals surface area contributed by atoms with Crippen molar-refractivity contribution >= 4 is 17.5 Å². The molecule has 2 unspecified atom stereocenters. The van der Waals surface area contributed by atoms with E-state index in [0.29, 0.717) is 24.8 Å². The second-order valence-corrected chi connectivity index (χ2v) is 10.0. The molecule has 0 aromatic heterocycles. The predicted octanol–water partition coefficient (Wildman–Crippen LogP) is 2.73. The highest BCUT2D eigenvalue weighted by Crippen LogP contribution is 2.68. The van der Waals surface area contributed by atoms with Gasteiger partial charge in [0.1, 0.15) is 18.9 Å². The van der Waals surface area contributed by atoms with Crippen LogP contribution in [0.5, 0.6) is 0 Å². The van der Waals surface area contributed by atoms with Gasteiger partial charge in [0.15, 0.2) is 5.78 Å². The summed E-state index contributed by atoms with van der Waals surface area (Å²) in [5, 5.41) is 9.78. The summed E-state index contributed by atoms with van der Waals surface area (Å²) in [4.78, 5) is 37.1. The summed E-state index contributed by atoms with van der Waals surface area (Å²) in [5.41, 5.74) is -2.40. The van der Waals surface area contributed by atoms with Crippen LogP contribution in [0, 0.1) is 28.6 Å². The molecular weight excluding hydrogens is 403 g/mol. The highest BCUT2D eigenvalue weighted by Gasteiger charge is 2.73. The Morgan fingerprint density at radius 3 is 2.58 bits per heavy atom. The van der Waals surface area contributed by atoms with Crippen LogP contribution in [0.4, 0.5) is 4.39 Å². The molecule has 0 aliphatic heterocycles. The van der Waals surface area contributed by atoms with Gasteiger partial charge in [-0.2, -0.15) is 0 Å². The van der Waals surface area contributed by atoms with Crippen molar-refractivity contribution < 1.29 is 33.4 Å². The van der Waals surface area contributed by atoms with Crippen molar-refractivity contribution in [3.05, 3.63) is 23.8 Å². The van der Waals surface area contributed by atoms with Gasteiger partial charge in [-0.3, -0.25) is 14.4 Å². The van der Waals surface area contributed by atoms with Gasteiger partial charge < -0.3 is 14.6 Å². The molecule has 0 saturated heterocycles. The van der Waals surface area contributed by atoms with E-state index < -0.39 is 47.1 Å². The zero-order valence-electron chi connectivity index (χ0n) is 18.5. The quantitative estimate of drug-likeness (QED) is 0.685. The van der Waals surface area contributed by atoms with Gasteiger partial charge in [-0.15, -0.1) is 0 Å². The van der Waals surface area contributed by atoms with Crippen molar-refractivity contribution in [1.29, 1.82) is 0 Å². The van der Waals surface area contributed by atoms with Gasteiger partial charge in [-0.25, -0.2) is 4.39 Å². The minimum atomic E-state index is -1.60. The number of allylic oxidation sites excluding steroid dienone is 4. The second-order valence-electron chi connectivity index (χ2n) is 10.0. The monoisotopic (exact) mass is 434 g/mol. The van der Waals surface area contributed by atoms with Crippen molar-refractivity contribution in [1.82, 2.24) is 0 Å². The highest BCUT2D eigenvalue weighted by molar-refractivity contribution is 6.01. The van der Waals surface area contributed by atoms with E-state index in [1.165, 1.54) is 26.2 Å². The third-order valence-electron chi connectivity index (χ3n) is 8.84. The fourth-order valence-electron chi connectivity index (χ4n) is 7.52. The number of alkyl halides is 1. The van der Waals surface area contributed by atoms with Crippen molar-refractivity contribution in [2.45, 2.75) is 64.3 Å². The van der Waals surface area contributed by atoms with Crippen LogP contribution in [0.1, 0.15) is 46.5 Å². The summed E-state index contributed by atoms with van der Waals surface area (Å²) in [6, 6.07) is 0. The predicted molar refractivity (Wildman–Crippen MR) is 110 cm³/mol. The Morgan fingerprint density at radius 1 is 1.26 bits per heavy atom. The van der Waals surface area contributed by atoms with Gasteiger partial charge in [0, 0.05) is 24.9 Å². The Morgan fingerprint density at radius 2 is 1.97 bits per heavy atom. The first-order chi connectivity index (χ1) is 14.5. The van der Waals surface area contributed by atoms with Gasteiger partial charge in [0.05, 0.1) is 0 Å². The molecule has 4 rings (SSSR count).